The quantitative estimate of drug-likeness (QED) is 0.609. The topological polar surface area (TPSA) is 61.0 Å². The van der Waals surface area contributed by atoms with Crippen LogP contribution < -0.4 is 14.3 Å². The number of hydrogen-bond donors (Lipinski definition) is 0. The number of aromatic nitrogens is 2. The second kappa shape index (κ2) is 8.64. The average Bonchev–Trinajstić information content (AvgIpc) is 3.10. The zero-order valence-electron chi connectivity index (χ0n) is 15.8. The van der Waals surface area contributed by atoms with Crippen LogP contribution in [0, 0.1) is 0 Å². The van der Waals surface area contributed by atoms with E-state index >= 15 is 0 Å². The van der Waals surface area contributed by atoms with E-state index in [0.29, 0.717) is 6.54 Å². The first-order valence-corrected chi connectivity index (χ1v) is 9.46. The van der Waals surface area contributed by atoms with Crippen molar-refractivity contribution in [3.8, 4) is 22.8 Å². The Morgan fingerprint density at radius 1 is 1.19 bits per heavy atom. The molecule has 1 aromatic carbocycles. The van der Waals surface area contributed by atoms with Crippen LogP contribution in [0.1, 0.15) is 19.5 Å². The minimum absolute atomic E-state index is 0.674. The van der Waals surface area contributed by atoms with Crippen LogP contribution in [0.3, 0.4) is 0 Å². The van der Waals surface area contributed by atoms with Gasteiger partial charge < -0.3 is 9.47 Å². The highest BCUT2D eigenvalue weighted by molar-refractivity contribution is 7.07. The predicted octanol–water partition coefficient (Wildman–Crippen LogP) is 3.82. The Labute approximate surface area is 162 Å². The number of nitrogens with zero attached hydrogens (tertiary/aromatic N) is 4. The lowest BCUT2D eigenvalue weighted by atomic mass is 10.1. The monoisotopic (exact) mass is 382 g/mol. The van der Waals surface area contributed by atoms with Crippen molar-refractivity contribution in [2.45, 2.75) is 13.8 Å². The summed E-state index contributed by atoms with van der Waals surface area (Å²) in [6.45, 7) is 4.62. The molecule has 0 saturated heterocycles. The Morgan fingerprint density at radius 3 is 2.70 bits per heavy atom. The molecule has 0 atom stereocenters. The van der Waals surface area contributed by atoms with Gasteiger partial charge in [-0.1, -0.05) is 6.07 Å². The van der Waals surface area contributed by atoms with Gasteiger partial charge in [0.15, 0.2) is 0 Å². The molecule has 2 aromatic heterocycles. The molecule has 3 aromatic rings. The zero-order chi connectivity index (χ0) is 19.2. The summed E-state index contributed by atoms with van der Waals surface area (Å²) >= 11 is 1.54. The van der Waals surface area contributed by atoms with Gasteiger partial charge in [0.2, 0.25) is 4.80 Å². The smallest absolute Gasteiger partial charge is 0.206 e. The van der Waals surface area contributed by atoms with Gasteiger partial charge in [0.05, 0.1) is 31.3 Å². The van der Waals surface area contributed by atoms with E-state index < -0.39 is 0 Å². The fraction of sp³-hybridized carbons (Fsp3) is 0.250. The molecule has 0 saturated carbocycles. The molecule has 27 heavy (non-hydrogen) atoms. The van der Waals surface area contributed by atoms with Crippen LogP contribution in [0.5, 0.6) is 11.5 Å². The fourth-order valence-electron chi connectivity index (χ4n) is 2.62. The third kappa shape index (κ3) is 4.09. The lowest BCUT2D eigenvalue weighted by Crippen LogP contribution is -2.15. The van der Waals surface area contributed by atoms with E-state index in [9.17, 15) is 0 Å². The minimum Gasteiger partial charge on any atom is -0.497 e. The molecule has 0 bridgehead atoms. The van der Waals surface area contributed by atoms with Crippen molar-refractivity contribution >= 4 is 17.0 Å². The number of hydrogen-bond acceptors (Lipinski definition) is 6. The number of rotatable bonds is 6. The maximum absolute atomic E-state index is 5.56. The van der Waals surface area contributed by atoms with Gasteiger partial charge in [-0.25, -0.2) is 4.68 Å². The first-order chi connectivity index (χ1) is 13.2. The molecule has 0 spiro atoms. The largest absolute Gasteiger partial charge is 0.497 e. The first-order valence-electron chi connectivity index (χ1n) is 8.58. The average molecular weight is 382 g/mol. The lowest BCUT2D eigenvalue weighted by Gasteiger charge is -2.11. The van der Waals surface area contributed by atoms with E-state index in [-0.39, 0.29) is 0 Å². The second-order valence-electron chi connectivity index (χ2n) is 5.66. The van der Waals surface area contributed by atoms with Crippen molar-refractivity contribution in [2.75, 3.05) is 20.8 Å². The number of thiazole rings is 1. The van der Waals surface area contributed by atoms with Crippen molar-refractivity contribution < 1.29 is 9.47 Å². The second-order valence-corrected chi connectivity index (χ2v) is 6.49. The molecule has 0 fully saturated rings. The Kier molecular flexibility index (Phi) is 6.03. The molecular formula is C20H22N4O2S. The van der Waals surface area contributed by atoms with Gasteiger partial charge in [-0.3, -0.25) is 9.98 Å². The third-order valence-corrected chi connectivity index (χ3v) is 4.80. The van der Waals surface area contributed by atoms with E-state index in [1.54, 1.807) is 20.4 Å². The van der Waals surface area contributed by atoms with Crippen LogP contribution in [-0.4, -0.2) is 36.1 Å². The summed E-state index contributed by atoms with van der Waals surface area (Å²) in [6, 6.07) is 11.5. The van der Waals surface area contributed by atoms with Crippen molar-refractivity contribution in [1.29, 1.82) is 0 Å². The predicted molar refractivity (Wildman–Crippen MR) is 109 cm³/mol. The van der Waals surface area contributed by atoms with Crippen LogP contribution in [0.15, 0.2) is 58.1 Å². The summed E-state index contributed by atoms with van der Waals surface area (Å²) < 4.78 is 12.8. The molecule has 0 N–H and O–H groups in total. The van der Waals surface area contributed by atoms with Crippen molar-refractivity contribution in [3.05, 3.63) is 58.5 Å². The molecule has 0 aliphatic rings. The number of pyridine rings is 1. The van der Waals surface area contributed by atoms with Gasteiger partial charge in [-0.05, 0) is 44.2 Å². The maximum atomic E-state index is 5.56. The van der Waals surface area contributed by atoms with E-state index in [1.165, 1.54) is 11.3 Å². The van der Waals surface area contributed by atoms with Crippen LogP contribution in [-0.2, 0) is 0 Å². The third-order valence-electron chi connectivity index (χ3n) is 3.95. The molecule has 3 rings (SSSR count). The van der Waals surface area contributed by atoms with Gasteiger partial charge in [0.25, 0.3) is 0 Å². The highest BCUT2D eigenvalue weighted by Gasteiger charge is 2.14. The van der Waals surface area contributed by atoms with Crippen molar-refractivity contribution in [1.82, 2.24) is 9.66 Å². The van der Waals surface area contributed by atoms with Crippen molar-refractivity contribution in [2.24, 2.45) is 10.1 Å². The number of methoxy groups -OCH3 is 2. The standard InChI is InChI=1S/C20H22N4O2S/c1-5-21-20-24(23-14(2)17-8-6-7-11-22-17)18(13-27-20)16-12-15(25-3)9-10-19(16)26-4/h6-13H,5H2,1-4H3. The van der Waals surface area contributed by atoms with Gasteiger partial charge in [0.1, 0.15) is 11.5 Å². The molecular weight excluding hydrogens is 360 g/mol. The minimum atomic E-state index is 0.674. The van der Waals surface area contributed by atoms with Crippen LogP contribution in [0.2, 0.25) is 0 Å². The molecule has 6 nitrogen and oxygen atoms in total. The SMILES string of the molecule is CCN=c1scc(-c2cc(OC)ccc2OC)n1N=C(C)c1ccccn1. The van der Waals surface area contributed by atoms with E-state index in [1.807, 2.05) is 60.3 Å². The molecule has 0 aliphatic carbocycles. The van der Waals surface area contributed by atoms with Gasteiger partial charge in [-0.15, -0.1) is 11.3 Å². The van der Waals surface area contributed by atoms with E-state index in [2.05, 4.69) is 9.98 Å². The zero-order valence-corrected chi connectivity index (χ0v) is 16.7. The number of benzene rings is 1. The Morgan fingerprint density at radius 2 is 2.04 bits per heavy atom. The summed E-state index contributed by atoms with van der Waals surface area (Å²) in [6.07, 6.45) is 1.76. The molecule has 0 amide bonds. The summed E-state index contributed by atoms with van der Waals surface area (Å²) in [5, 5.41) is 6.83. The van der Waals surface area contributed by atoms with Gasteiger partial charge in [0, 0.05) is 23.7 Å². The van der Waals surface area contributed by atoms with Crippen LogP contribution >= 0.6 is 11.3 Å². The maximum Gasteiger partial charge on any atom is 0.206 e. The summed E-state index contributed by atoms with van der Waals surface area (Å²) in [4.78, 5) is 9.77. The molecule has 0 unspecified atom stereocenters. The van der Waals surface area contributed by atoms with Crippen LogP contribution in [0.4, 0.5) is 0 Å². The van der Waals surface area contributed by atoms with Gasteiger partial charge >= 0.3 is 0 Å². The summed E-state index contributed by atoms with van der Waals surface area (Å²) in [7, 11) is 3.30. The fourth-order valence-corrected chi connectivity index (χ4v) is 3.50. The Hall–Kier alpha value is -2.93. The van der Waals surface area contributed by atoms with E-state index in [0.717, 1.165) is 39.0 Å². The normalized spacial score (nSPS) is 12.3. The lowest BCUT2D eigenvalue weighted by molar-refractivity contribution is 0.404. The summed E-state index contributed by atoms with van der Waals surface area (Å²) in [5.41, 5.74) is 3.40. The highest BCUT2D eigenvalue weighted by atomic mass is 32.1. The van der Waals surface area contributed by atoms with Gasteiger partial charge in [-0.2, -0.15) is 5.10 Å². The summed E-state index contributed by atoms with van der Waals surface area (Å²) in [5.74, 6) is 1.50. The molecule has 7 heteroatoms. The Bertz CT molecular complexity index is 1010. The molecule has 0 aliphatic heterocycles. The Balaban J connectivity index is 2.21. The highest BCUT2D eigenvalue weighted by Crippen LogP contribution is 2.33. The first kappa shape index (κ1) is 18.8. The number of ether oxygens (including phenoxy) is 2. The van der Waals surface area contributed by atoms with Crippen molar-refractivity contribution in [3.63, 3.8) is 0 Å². The molecule has 140 valence electrons. The molecule has 2 heterocycles. The van der Waals surface area contributed by atoms with E-state index in [4.69, 9.17) is 14.6 Å². The van der Waals surface area contributed by atoms with Crippen LogP contribution in [0.25, 0.3) is 11.3 Å². The molecule has 0 radical (unpaired) electrons.